The van der Waals surface area contributed by atoms with E-state index in [1.807, 2.05) is 51.6 Å². The molecule has 0 bridgehead atoms. The van der Waals surface area contributed by atoms with Crippen LogP contribution in [0.25, 0.3) is 0 Å². The van der Waals surface area contributed by atoms with E-state index in [1.165, 1.54) is 37.2 Å². The molecule has 3 aliphatic heterocycles. The molecule has 8 rings (SSSR count). The van der Waals surface area contributed by atoms with Gasteiger partial charge in [-0.25, -0.2) is 14.0 Å². The maximum absolute atomic E-state index is 17.9. The fraction of sp³-hybridized carbons (Fsp3) is 0.778. The summed E-state index contributed by atoms with van der Waals surface area (Å²) in [6.07, 6.45) is -7.14. The van der Waals surface area contributed by atoms with Crippen molar-refractivity contribution in [1.29, 1.82) is 0 Å². The van der Waals surface area contributed by atoms with Gasteiger partial charge in [0.15, 0.2) is 36.2 Å². The molecule has 29 nitrogen and oxygen atoms in total. The maximum atomic E-state index is 17.9. The number of carboxylic acid groups (broad SMARTS) is 1. The second-order valence-electron chi connectivity index (χ2n) is 34.9. The van der Waals surface area contributed by atoms with Crippen molar-refractivity contribution in [1.82, 2.24) is 36.0 Å². The number of hydrogen-bond acceptors (Lipinski definition) is 22. The van der Waals surface area contributed by atoms with Gasteiger partial charge in [0, 0.05) is 67.8 Å². The van der Waals surface area contributed by atoms with E-state index >= 15 is 9.18 Å². The number of halogens is 1. The van der Waals surface area contributed by atoms with Crippen molar-refractivity contribution >= 4 is 47.4 Å². The first-order chi connectivity index (χ1) is 51.8. The third-order valence-electron chi connectivity index (χ3n) is 25.9. The van der Waals surface area contributed by atoms with Gasteiger partial charge in [-0.1, -0.05) is 90.4 Å². The highest BCUT2D eigenvalue weighted by Crippen LogP contribution is 2.70. The molecule has 3 saturated carbocycles. The molecule has 27 atom stereocenters. The Kier molecular flexibility index (Phi) is 29.7. The number of amides is 5. The monoisotopic (exact) mass is 1570 g/mol. The molecule has 6 fully saturated rings. The molecule has 7 aliphatic rings. The number of aliphatic hydroxyl groups excluding tert-OH is 4. The van der Waals surface area contributed by atoms with Gasteiger partial charge in [0.1, 0.15) is 36.1 Å². The summed E-state index contributed by atoms with van der Waals surface area (Å²) >= 11 is 0. The SMILES string of the molecule is CCC1OC(=O)C(C)C(OC2CC(C)(OC)C(O)C(C)O2)C(C)C(OC2OC(C)CC(N(C)C)C2O)C(C)(O)CC(C)CN(CCCNC(=[NH+]CC(=O)O)N(CCC(C)C)C(=O)C(Cc2ccccc2)NC(=O)CNC(=O)NC(=O)[C@@]2(O)[C@H](C)CC3C4CCC5=CC(=O)C=C[C@]5(C)[C@@]4(F)[C@@H](O)C[C@@]32C)C(C)C(O)C1(C)O. The average Bonchev–Trinajstić information content (AvgIpc) is 1.56. The number of benzene rings is 1. The molecule has 1 aromatic carbocycles. The molecule has 3 saturated heterocycles. The fourth-order valence-corrected chi connectivity index (χ4v) is 19.4. The molecule has 5 amide bonds. The lowest BCUT2D eigenvalue weighted by Crippen LogP contribution is -2.82. The zero-order valence-corrected chi connectivity index (χ0v) is 68.4. The van der Waals surface area contributed by atoms with Gasteiger partial charge < -0.3 is 84.8 Å². The standard InChI is InChI=1S/C81H129FN8O21/c1-19-60-79(15,104)66(97)50(9)89(43-45(4)38-77(13,103)68(111-71-64(96)58(88(16)17)35-47(6)107-71)48(7)65(49(8)70(100)109-60)110-63-40-78(14,106-18)67(98)51(10)108-63)32-23-31-83-73(84-42-62(94)95)90(33-29-44(2)3)69(99)57(36-52-24-21-20-22-25-52)86-61(93)41-85-74(102)87-72(101)81(105)46(5)34-56-55-27-26-53-37-54(91)28-30-75(53,11)80(55,82)59(92)39-76(56,81)12/h20-22,24-25,28,30,37,44-51,55-60,63-68,71,92,96-98,103-105H,19,23,26-27,29,31-36,38-43H2,1-18H3,(H,83,84)(H,86,93)(H,94,95)(H2,85,87,101,102)/p+1/t45?,46-,47?,48?,49?,50?,51?,55?,56?,57?,58?,59+,60?,63?,64?,65?,66?,67?,68?,71?,75+,76+,77?,78?,79?,80+,81+/m1/s1. The van der Waals surface area contributed by atoms with Crippen LogP contribution in [-0.2, 0) is 63.6 Å². The van der Waals surface area contributed by atoms with E-state index in [-0.39, 0.29) is 95.2 Å². The van der Waals surface area contributed by atoms with Crippen molar-refractivity contribution in [2.45, 2.75) is 288 Å². The Balaban J connectivity index is 1.02. The normalized spacial score (nSPS) is 40.2. The van der Waals surface area contributed by atoms with E-state index < -0.39 is 209 Å². The Morgan fingerprint density at radius 2 is 1.54 bits per heavy atom. The smallest absolute Gasteiger partial charge is 0.353 e. The Morgan fingerprint density at radius 3 is 2.17 bits per heavy atom. The lowest BCUT2D eigenvalue weighted by atomic mass is 9.44. The number of nitrogens with zero attached hydrogens (tertiary/aromatic N) is 3. The molecule has 30 heteroatoms. The van der Waals surface area contributed by atoms with Gasteiger partial charge in [0.2, 0.25) is 5.91 Å². The largest absolute Gasteiger partial charge is 0.479 e. The number of aliphatic hydroxyl groups is 7. The minimum Gasteiger partial charge on any atom is -0.479 e. The number of aliphatic carboxylic acids is 1. The zero-order valence-electron chi connectivity index (χ0n) is 68.4. The van der Waals surface area contributed by atoms with Gasteiger partial charge in [-0.2, -0.15) is 4.90 Å². The molecule has 3 heterocycles. The number of fused-ring (bicyclic) bond motifs is 5. The van der Waals surface area contributed by atoms with Crippen LogP contribution in [0.15, 0.2) is 54.1 Å². The number of allylic oxidation sites excluding steroid dienone is 4. The fourth-order valence-electron chi connectivity index (χ4n) is 19.4. The molecule has 13 N–H and O–H groups in total. The van der Waals surface area contributed by atoms with E-state index in [4.69, 9.17) is 28.4 Å². The number of urea groups is 1. The van der Waals surface area contributed by atoms with Crippen LogP contribution >= 0.6 is 0 Å². The highest BCUT2D eigenvalue weighted by molar-refractivity contribution is 6.02. The maximum Gasteiger partial charge on any atom is 0.353 e. The third kappa shape index (κ3) is 19.3. The summed E-state index contributed by atoms with van der Waals surface area (Å²) < 4.78 is 56.4. The molecule has 111 heavy (non-hydrogen) atoms. The lowest BCUT2D eigenvalue weighted by molar-refractivity contribution is -0.454. The van der Waals surface area contributed by atoms with E-state index in [0.29, 0.717) is 30.4 Å². The van der Waals surface area contributed by atoms with E-state index in [9.17, 15) is 69.6 Å². The molecular formula is C81H130FN8O21+. The number of hydrogen-bond donors (Lipinski definition) is 13. The number of ketones is 1. The molecule has 1 aromatic rings. The molecule has 0 spiro atoms. The van der Waals surface area contributed by atoms with Crippen molar-refractivity contribution in [3.05, 3.63) is 59.7 Å². The molecule has 21 unspecified atom stereocenters. The molecule has 0 radical (unpaired) electrons. The summed E-state index contributed by atoms with van der Waals surface area (Å²) in [6.45, 7) is 24.6. The molecule has 626 valence electrons. The number of carboxylic acids is 1. The van der Waals surface area contributed by atoms with Crippen LogP contribution in [0.3, 0.4) is 0 Å². The number of carbonyl (C=O) groups is 7. The zero-order chi connectivity index (χ0) is 82.6. The average molecular weight is 1570 g/mol. The number of nitrogens with one attached hydrogen (secondary N) is 5. The van der Waals surface area contributed by atoms with Crippen LogP contribution < -0.4 is 26.3 Å². The number of likely N-dealkylation sites (N-methyl/N-ethyl adjacent to an activating group) is 1. The lowest BCUT2D eigenvalue weighted by Gasteiger charge is -2.62. The van der Waals surface area contributed by atoms with Gasteiger partial charge >= 0.3 is 29.8 Å². The number of esters is 1. The Hall–Kier alpha value is -5.97. The molecule has 0 aromatic heterocycles. The third-order valence-corrected chi connectivity index (χ3v) is 25.9. The van der Waals surface area contributed by atoms with Crippen molar-refractivity contribution in [2.75, 3.05) is 60.5 Å². The van der Waals surface area contributed by atoms with E-state index in [1.54, 1.807) is 99.6 Å². The number of rotatable bonds is 23. The van der Waals surface area contributed by atoms with E-state index in [0.717, 1.165) is 0 Å². The Labute approximate surface area is 653 Å². The van der Waals surface area contributed by atoms with Gasteiger partial charge in [-0.05, 0) is 169 Å². The number of guanidine groups is 1. The highest BCUT2D eigenvalue weighted by atomic mass is 19.1. The first-order valence-electron chi connectivity index (χ1n) is 39.9. The van der Waals surface area contributed by atoms with Crippen LogP contribution in [-0.4, -0.2) is 277 Å². The van der Waals surface area contributed by atoms with E-state index in [2.05, 4.69) is 26.3 Å². The highest BCUT2D eigenvalue weighted by Gasteiger charge is 2.76. The summed E-state index contributed by atoms with van der Waals surface area (Å²) in [5.74, 6) is -9.95. The molecule has 4 aliphatic carbocycles. The first kappa shape index (κ1) is 90.6. The summed E-state index contributed by atoms with van der Waals surface area (Å²) in [4.78, 5) is 106. The van der Waals surface area contributed by atoms with Crippen LogP contribution in [0.5, 0.6) is 0 Å². The van der Waals surface area contributed by atoms with Crippen LogP contribution in [0, 0.1) is 52.3 Å². The topological polar surface area (TPSA) is 409 Å². The predicted octanol–water partition coefficient (Wildman–Crippen LogP) is 2.55. The minimum atomic E-state index is -2.30. The predicted molar refractivity (Wildman–Crippen MR) is 407 cm³/mol. The summed E-state index contributed by atoms with van der Waals surface area (Å²) in [5.41, 5.74) is -11.2. The van der Waals surface area contributed by atoms with Gasteiger partial charge in [-0.3, -0.25) is 44.5 Å². The minimum absolute atomic E-state index is 0.00209. The van der Waals surface area contributed by atoms with Crippen molar-refractivity contribution in [3.8, 4) is 0 Å². The van der Waals surface area contributed by atoms with Gasteiger partial charge in [0.05, 0.1) is 67.3 Å². The van der Waals surface area contributed by atoms with Crippen molar-refractivity contribution in [2.24, 2.45) is 52.3 Å². The quantitative estimate of drug-likeness (QED) is 0.0324. The number of methoxy groups -OCH3 is 1. The Morgan fingerprint density at radius 1 is 0.865 bits per heavy atom. The van der Waals surface area contributed by atoms with Crippen molar-refractivity contribution in [3.63, 3.8) is 0 Å². The Bertz CT molecular complexity index is 3510. The van der Waals surface area contributed by atoms with Gasteiger partial charge in [-0.15, -0.1) is 0 Å². The molecular weight excluding hydrogens is 1440 g/mol. The van der Waals surface area contributed by atoms with Crippen molar-refractivity contribution < 1.29 is 112 Å². The number of ether oxygens (including phenoxy) is 6. The van der Waals surface area contributed by atoms with Crippen LogP contribution in [0.4, 0.5) is 9.18 Å². The first-order valence-corrected chi connectivity index (χ1v) is 39.9. The van der Waals surface area contributed by atoms with Gasteiger partial charge in [0.25, 0.3) is 5.91 Å². The summed E-state index contributed by atoms with van der Waals surface area (Å²) in [7, 11) is 5.14. The second-order valence-corrected chi connectivity index (χ2v) is 34.9. The number of cyclic esters (lactones) is 1. The summed E-state index contributed by atoms with van der Waals surface area (Å²) in [5, 5.41) is 107. The number of alkyl halides is 1. The van der Waals surface area contributed by atoms with Crippen LogP contribution in [0.2, 0.25) is 0 Å². The summed E-state index contributed by atoms with van der Waals surface area (Å²) in [6, 6.07) is 4.90. The number of imide groups is 1. The van der Waals surface area contributed by atoms with Crippen LogP contribution in [0.1, 0.15) is 174 Å². The number of carbonyl (C=O) groups excluding carboxylic acids is 6. The second kappa shape index (κ2) is 36.5.